The minimum absolute atomic E-state index is 0.179. The molecule has 1 saturated heterocycles. The van der Waals surface area contributed by atoms with Crippen molar-refractivity contribution in [1.82, 2.24) is 24.9 Å². The van der Waals surface area contributed by atoms with E-state index in [1.165, 1.54) is 23.5 Å². The number of hydrogen-bond donors (Lipinski definition) is 4. The van der Waals surface area contributed by atoms with Gasteiger partial charge < -0.3 is 21.1 Å². The van der Waals surface area contributed by atoms with Gasteiger partial charge in [0.05, 0.1) is 29.1 Å². The summed E-state index contributed by atoms with van der Waals surface area (Å²) in [7, 11) is 0. The highest BCUT2D eigenvalue weighted by molar-refractivity contribution is 7.18. The third-order valence-corrected chi connectivity index (χ3v) is 7.11. The number of nitrogens with zero attached hydrogens (tertiary/aromatic N) is 4. The van der Waals surface area contributed by atoms with Crippen LogP contribution in [0.5, 0.6) is 0 Å². The van der Waals surface area contributed by atoms with Crippen molar-refractivity contribution in [1.29, 1.82) is 0 Å². The van der Waals surface area contributed by atoms with Crippen LogP contribution in [-0.2, 0) is 6.54 Å². The van der Waals surface area contributed by atoms with Crippen LogP contribution in [-0.4, -0.2) is 50.4 Å². The SMILES string of the molecule is CC(C)c1cnn2c(NCc3nc4cc(F)ccc4s3)cc(NC[C@H]3CCNC[C@@H]3O)nc12. The fourth-order valence-electron chi connectivity index (χ4n) is 4.16. The molecule has 0 saturated carbocycles. The lowest BCUT2D eigenvalue weighted by Crippen LogP contribution is -2.43. The Kier molecular flexibility index (Phi) is 6.13. The first kappa shape index (κ1) is 22.0. The molecule has 1 aromatic carbocycles. The van der Waals surface area contributed by atoms with Crippen LogP contribution in [0.4, 0.5) is 16.0 Å². The molecule has 33 heavy (non-hydrogen) atoms. The molecule has 0 aliphatic carbocycles. The van der Waals surface area contributed by atoms with E-state index in [9.17, 15) is 9.50 Å². The van der Waals surface area contributed by atoms with E-state index < -0.39 is 0 Å². The number of β-amino-alcohol motifs (C(OH)–C–C–N with tert-alkyl or cyclic N) is 1. The summed E-state index contributed by atoms with van der Waals surface area (Å²) in [6, 6.07) is 6.61. The highest BCUT2D eigenvalue weighted by Gasteiger charge is 2.23. The zero-order valence-electron chi connectivity index (χ0n) is 18.7. The zero-order valence-corrected chi connectivity index (χ0v) is 19.5. The van der Waals surface area contributed by atoms with Crippen molar-refractivity contribution in [2.45, 2.75) is 38.8 Å². The standard InChI is InChI=1S/C23H28FN7OS/c1-13(2)16-10-28-31-21(27-12-22-29-17-7-15(24)3-4-19(17)33-22)8-20(30-23(16)31)26-9-14-5-6-25-11-18(14)32/h3-4,7-8,10,13-14,18,25,27,32H,5-6,9,11-12H2,1-2H3,(H,26,30)/t14-,18+/m1/s1. The molecule has 3 aromatic heterocycles. The molecule has 0 spiro atoms. The van der Waals surface area contributed by atoms with Crippen LogP contribution in [0, 0.1) is 11.7 Å². The highest BCUT2D eigenvalue weighted by Crippen LogP contribution is 2.27. The quantitative estimate of drug-likeness (QED) is 0.328. The topological polar surface area (TPSA) is 99.4 Å². The summed E-state index contributed by atoms with van der Waals surface area (Å²) in [6.45, 7) is 6.92. The second kappa shape index (κ2) is 9.20. The van der Waals surface area contributed by atoms with Crippen LogP contribution in [0.3, 0.4) is 0 Å². The van der Waals surface area contributed by atoms with E-state index in [2.05, 4.69) is 39.9 Å². The van der Waals surface area contributed by atoms with E-state index in [0.717, 1.165) is 45.5 Å². The van der Waals surface area contributed by atoms with Crippen molar-refractivity contribution in [2.24, 2.45) is 5.92 Å². The van der Waals surface area contributed by atoms with Crippen LogP contribution >= 0.6 is 11.3 Å². The van der Waals surface area contributed by atoms with Gasteiger partial charge in [-0.1, -0.05) is 13.8 Å². The molecule has 10 heteroatoms. The summed E-state index contributed by atoms with van der Waals surface area (Å²) >= 11 is 1.54. The van der Waals surface area contributed by atoms with Crippen molar-refractivity contribution in [3.05, 3.63) is 46.9 Å². The maximum atomic E-state index is 13.5. The van der Waals surface area contributed by atoms with E-state index in [1.54, 1.807) is 6.07 Å². The molecule has 174 valence electrons. The Morgan fingerprint density at radius 3 is 2.97 bits per heavy atom. The van der Waals surface area contributed by atoms with E-state index in [-0.39, 0.29) is 23.8 Å². The molecular weight excluding hydrogens is 441 g/mol. The smallest absolute Gasteiger partial charge is 0.163 e. The first-order valence-corrected chi connectivity index (χ1v) is 12.1. The maximum Gasteiger partial charge on any atom is 0.163 e. The number of rotatable bonds is 7. The monoisotopic (exact) mass is 469 g/mol. The molecule has 0 amide bonds. The van der Waals surface area contributed by atoms with E-state index in [1.807, 2.05) is 16.8 Å². The maximum absolute atomic E-state index is 13.5. The van der Waals surface area contributed by atoms with Crippen molar-refractivity contribution in [3.8, 4) is 0 Å². The fourth-order valence-corrected chi connectivity index (χ4v) is 5.05. The summed E-state index contributed by atoms with van der Waals surface area (Å²) in [5.41, 5.74) is 2.54. The highest BCUT2D eigenvalue weighted by atomic mass is 32.1. The number of nitrogens with one attached hydrogen (secondary N) is 3. The fraction of sp³-hybridized carbons (Fsp3) is 0.435. The molecular formula is C23H28FN7OS. The number of piperidine rings is 1. The molecule has 4 aromatic rings. The lowest BCUT2D eigenvalue weighted by atomic mass is 9.95. The Balaban J connectivity index is 1.40. The normalized spacial score (nSPS) is 18.9. The molecule has 0 radical (unpaired) electrons. The summed E-state index contributed by atoms with van der Waals surface area (Å²) in [5, 5.41) is 25.8. The summed E-state index contributed by atoms with van der Waals surface area (Å²) in [4.78, 5) is 9.38. The van der Waals surface area contributed by atoms with Crippen molar-refractivity contribution < 1.29 is 9.50 Å². The molecule has 5 rings (SSSR count). The third kappa shape index (κ3) is 4.64. The second-order valence-electron chi connectivity index (χ2n) is 8.79. The second-order valence-corrected chi connectivity index (χ2v) is 9.91. The number of aliphatic hydroxyl groups excluding tert-OH is 1. The van der Waals surface area contributed by atoms with Crippen LogP contribution in [0.1, 0.15) is 36.8 Å². The Bertz CT molecular complexity index is 1270. The van der Waals surface area contributed by atoms with E-state index >= 15 is 0 Å². The van der Waals surface area contributed by atoms with Gasteiger partial charge in [0, 0.05) is 36.7 Å². The van der Waals surface area contributed by atoms with Gasteiger partial charge in [-0.15, -0.1) is 11.3 Å². The van der Waals surface area contributed by atoms with Gasteiger partial charge in [-0.2, -0.15) is 9.61 Å². The number of anilines is 2. The lowest BCUT2D eigenvalue weighted by Gasteiger charge is -2.28. The Labute approximate surface area is 195 Å². The van der Waals surface area contributed by atoms with Crippen molar-refractivity contribution >= 4 is 38.8 Å². The number of halogens is 1. The lowest BCUT2D eigenvalue weighted by molar-refractivity contribution is 0.0883. The predicted octanol–water partition coefficient (Wildman–Crippen LogP) is 3.60. The number of aromatic nitrogens is 4. The summed E-state index contributed by atoms with van der Waals surface area (Å²) < 4.78 is 16.3. The zero-order chi connectivity index (χ0) is 22.9. The minimum atomic E-state index is -0.363. The average molecular weight is 470 g/mol. The Morgan fingerprint density at radius 2 is 2.15 bits per heavy atom. The molecule has 8 nitrogen and oxygen atoms in total. The van der Waals surface area contributed by atoms with Gasteiger partial charge in [0.2, 0.25) is 0 Å². The number of benzene rings is 1. The van der Waals surface area contributed by atoms with Gasteiger partial charge in [-0.25, -0.2) is 14.4 Å². The largest absolute Gasteiger partial charge is 0.391 e. The van der Waals surface area contributed by atoms with Crippen molar-refractivity contribution in [2.75, 3.05) is 30.3 Å². The summed E-state index contributed by atoms with van der Waals surface area (Å²) in [6.07, 6.45) is 2.42. The minimum Gasteiger partial charge on any atom is -0.391 e. The Morgan fingerprint density at radius 1 is 1.27 bits per heavy atom. The molecule has 1 aliphatic rings. The van der Waals surface area contributed by atoms with Gasteiger partial charge in [0.25, 0.3) is 0 Å². The number of hydrogen-bond acceptors (Lipinski definition) is 8. The molecule has 2 atom stereocenters. The van der Waals surface area contributed by atoms with Gasteiger partial charge in [-0.3, -0.25) is 0 Å². The molecule has 4 heterocycles. The molecule has 1 fully saturated rings. The van der Waals surface area contributed by atoms with Gasteiger partial charge in [0.15, 0.2) is 5.65 Å². The van der Waals surface area contributed by atoms with Crippen LogP contribution in [0.2, 0.25) is 0 Å². The molecule has 4 N–H and O–H groups in total. The van der Waals surface area contributed by atoms with Crippen LogP contribution < -0.4 is 16.0 Å². The van der Waals surface area contributed by atoms with Gasteiger partial charge in [0.1, 0.15) is 22.5 Å². The molecule has 0 unspecified atom stereocenters. The first-order chi connectivity index (χ1) is 16.0. The number of thiazole rings is 1. The third-order valence-electron chi connectivity index (χ3n) is 6.07. The molecule has 1 aliphatic heterocycles. The summed E-state index contributed by atoms with van der Waals surface area (Å²) in [5.74, 6) is 1.72. The van der Waals surface area contributed by atoms with E-state index in [0.29, 0.717) is 25.2 Å². The predicted molar refractivity (Wildman–Crippen MR) is 129 cm³/mol. The number of aliphatic hydroxyl groups is 1. The molecule has 0 bridgehead atoms. The van der Waals surface area contributed by atoms with Crippen LogP contribution in [0.15, 0.2) is 30.5 Å². The Hall–Kier alpha value is -2.82. The van der Waals surface area contributed by atoms with Gasteiger partial charge >= 0.3 is 0 Å². The first-order valence-electron chi connectivity index (χ1n) is 11.3. The van der Waals surface area contributed by atoms with E-state index in [4.69, 9.17) is 4.98 Å². The van der Waals surface area contributed by atoms with Gasteiger partial charge in [-0.05, 0) is 31.0 Å². The average Bonchev–Trinajstić information content (AvgIpc) is 3.40. The van der Waals surface area contributed by atoms with Crippen molar-refractivity contribution in [3.63, 3.8) is 0 Å². The van der Waals surface area contributed by atoms with Crippen LogP contribution in [0.25, 0.3) is 15.9 Å². The number of fused-ring (bicyclic) bond motifs is 2.